The van der Waals surface area contributed by atoms with Crippen LogP contribution >= 0.6 is 0 Å². The molecule has 0 amide bonds. The fourth-order valence-electron chi connectivity index (χ4n) is 3.57. The van der Waals surface area contributed by atoms with Crippen molar-refractivity contribution in [2.75, 3.05) is 0 Å². The first-order valence-corrected chi connectivity index (χ1v) is 11.3. The summed E-state index contributed by atoms with van der Waals surface area (Å²) >= 11 is 0. The van der Waals surface area contributed by atoms with Gasteiger partial charge in [0.1, 0.15) is 5.82 Å². The van der Waals surface area contributed by atoms with Crippen LogP contribution in [-0.4, -0.2) is 18.2 Å². The minimum absolute atomic E-state index is 0.0480. The molecule has 1 aromatic heterocycles. The Hall–Kier alpha value is -1.40. The molecule has 2 aromatic rings. The van der Waals surface area contributed by atoms with Gasteiger partial charge in [0.15, 0.2) is 0 Å². The van der Waals surface area contributed by atoms with Crippen LogP contribution in [0.25, 0.3) is 10.9 Å². The third-order valence-electron chi connectivity index (χ3n) is 5.07. The van der Waals surface area contributed by atoms with Gasteiger partial charge in [-0.1, -0.05) is 34.6 Å². The molecule has 6 heteroatoms. The van der Waals surface area contributed by atoms with Crippen molar-refractivity contribution in [3.8, 4) is 0 Å². The molecule has 1 N–H and O–H groups in total. The van der Waals surface area contributed by atoms with E-state index in [1.54, 1.807) is 6.07 Å². The average molecular weight is 395 g/mol. The number of sulfonamides is 1. The summed E-state index contributed by atoms with van der Waals surface area (Å²) in [4.78, 5) is 0. The first kappa shape index (κ1) is 20.3. The van der Waals surface area contributed by atoms with Crippen LogP contribution in [0.4, 0.5) is 4.39 Å². The minimum Gasteiger partial charge on any atom is -0.347 e. The summed E-state index contributed by atoms with van der Waals surface area (Å²) in [5.41, 5.74) is 2.52. The van der Waals surface area contributed by atoms with E-state index < -0.39 is 16.1 Å². The second-order valence-electron chi connectivity index (χ2n) is 9.40. The monoisotopic (exact) mass is 394 g/mol. The highest BCUT2D eigenvalue weighted by Crippen LogP contribution is 2.35. The lowest BCUT2D eigenvalue weighted by Gasteiger charge is -2.20. The van der Waals surface area contributed by atoms with E-state index in [4.69, 9.17) is 0 Å². The normalized spacial score (nSPS) is 17.0. The molecular weight excluding hydrogens is 363 g/mol. The lowest BCUT2D eigenvalue weighted by molar-refractivity contribution is 0.349. The number of rotatable bonds is 6. The molecule has 0 unspecified atom stereocenters. The van der Waals surface area contributed by atoms with Gasteiger partial charge in [-0.25, -0.2) is 17.5 Å². The van der Waals surface area contributed by atoms with Crippen LogP contribution < -0.4 is 4.72 Å². The van der Waals surface area contributed by atoms with Gasteiger partial charge >= 0.3 is 0 Å². The maximum absolute atomic E-state index is 14.7. The fraction of sp³-hybridized carbons (Fsp3) is 0.619. The van der Waals surface area contributed by atoms with Gasteiger partial charge in [-0.05, 0) is 54.4 Å². The summed E-state index contributed by atoms with van der Waals surface area (Å²) in [6.45, 7) is 13.0. The average Bonchev–Trinajstić information content (AvgIpc) is 3.30. The summed E-state index contributed by atoms with van der Waals surface area (Å²) in [6, 6.07) is 3.09. The molecule has 1 saturated carbocycles. The molecule has 0 saturated heterocycles. The molecular formula is C21H31FN2O2S. The van der Waals surface area contributed by atoms with Crippen molar-refractivity contribution in [2.24, 2.45) is 5.41 Å². The molecule has 3 rings (SSSR count). The SMILES string of the molecule is CC(C)c1cc2c(cc1F)c([C@@H](C)NS(=O)(=O)C1CC1)cn2CC(C)(C)C. The Morgan fingerprint density at radius 2 is 1.81 bits per heavy atom. The van der Waals surface area contributed by atoms with Gasteiger partial charge in [0, 0.05) is 29.7 Å². The van der Waals surface area contributed by atoms with E-state index >= 15 is 0 Å². The first-order valence-electron chi connectivity index (χ1n) is 9.72. The van der Waals surface area contributed by atoms with E-state index in [0.717, 1.165) is 35.9 Å². The van der Waals surface area contributed by atoms with Crippen molar-refractivity contribution in [1.82, 2.24) is 9.29 Å². The maximum Gasteiger partial charge on any atom is 0.215 e. The molecule has 1 atom stereocenters. The zero-order chi connectivity index (χ0) is 20.1. The third kappa shape index (κ3) is 4.37. The number of aromatic nitrogens is 1. The Morgan fingerprint density at radius 1 is 1.19 bits per heavy atom. The molecule has 27 heavy (non-hydrogen) atoms. The number of benzene rings is 1. The minimum atomic E-state index is -3.31. The Balaban J connectivity index is 2.10. The first-order chi connectivity index (χ1) is 12.4. The molecule has 1 fully saturated rings. The molecule has 0 radical (unpaired) electrons. The zero-order valence-corrected chi connectivity index (χ0v) is 18.0. The van der Waals surface area contributed by atoms with Crippen LogP contribution in [0.1, 0.15) is 77.5 Å². The standard InChI is InChI=1S/C21H31FN2O2S/c1-13(2)16-10-20-17(9-19(16)22)18(11-24(20)12-21(4,5)6)14(3)23-27(25,26)15-7-8-15/h9-11,13-15,23H,7-8,12H2,1-6H3/t14-/m1/s1. The second-order valence-corrected chi connectivity index (χ2v) is 11.4. The summed E-state index contributed by atoms with van der Waals surface area (Å²) in [5, 5.41) is 0.513. The van der Waals surface area contributed by atoms with Crippen molar-refractivity contribution in [3.05, 3.63) is 35.3 Å². The summed E-state index contributed by atoms with van der Waals surface area (Å²) in [7, 11) is -3.31. The smallest absolute Gasteiger partial charge is 0.215 e. The van der Waals surface area contributed by atoms with Gasteiger partial charge in [0.2, 0.25) is 10.0 Å². The third-order valence-corrected chi connectivity index (χ3v) is 7.10. The Kier molecular flexibility index (Phi) is 5.19. The summed E-state index contributed by atoms with van der Waals surface area (Å²) in [6.07, 6.45) is 3.43. The van der Waals surface area contributed by atoms with E-state index in [2.05, 4.69) is 30.1 Å². The van der Waals surface area contributed by atoms with Gasteiger partial charge in [0.05, 0.1) is 5.25 Å². The van der Waals surface area contributed by atoms with Crippen LogP contribution in [0.5, 0.6) is 0 Å². The van der Waals surface area contributed by atoms with Crippen molar-refractivity contribution in [3.63, 3.8) is 0 Å². The number of nitrogens with one attached hydrogen (secondary N) is 1. The Bertz CT molecular complexity index is 951. The van der Waals surface area contributed by atoms with Crippen molar-refractivity contribution in [1.29, 1.82) is 0 Å². The highest BCUT2D eigenvalue weighted by Gasteiger charge is 2.37. The van der Waals surface area contributed by atoms with Crippen LogP contribution in [0.15, 0.2) is 18.3 Å². The molecule has 4 nitrogen and oxygen atoms in total. The molecule has 1 heterocycles. The zero-order valence-electron chi connectivity index (χ0n) is 17.1. The maximum atomic E-state index is 14.7. The summed E-state index contributed by atoms with van der Waals surface area (Å²) in [5.74, 6) is -0.147. The molecule has 1 aliphatic carbocycles. The molecule has 0 spiro atoms. The van der Waals surface area contributed by atoms with E-state index in [0.29, 0.717) is 5.56 Å². The lowest BCUT2D eigenvalue weighted by Crippen LogP contribution is -2.29. The molecule has 0 aliphatic heterocycles. The number of nitrogens with zero attached hydrogens (tertiary/aromatic N) is 1. The van der Waals surface area contributed by atoms with E-state index in [-0.39, 0.29) is 22.4 Å². The van der Waals surface area contributed by atoms with E-state index in [1.807, 2.05) is 33.0 Å². The lowest BCUT2D eigenvalue weighted by atomic mass is 9.96. The predicted molar refractivity (Wildman–Crippen MR) is 109 cm³/mol. The largest absolute Gasteiger partial charge is 0.347 e. The summed E-state index contributed by atoms with van der Waals surface area (Å²) < 4.78 is 44.4. The number of halogens is 1. The van der Waals surface area contributed by atoms with Crippen LogP contribution in [0, 0.1) is 11.2 Å². The highest BCUT2D eigenvalue weighted by molar-refractivity contribution is 7.90. The molecule has 1 aromatic carbocycles. The van der Waals surface area contributed by atoms with Gasteiger partial charge in [-0.3, -0.25) is 0 Å². The quantitative estimate of drug-likeness (QED) is 0.742. The fourth-order valence-corrected chi connectivity index (χ4v) is 5.14. The van der Waals surface area contributed by atoms with E-state index in [1.165, 1.54) is 0 Å². The number of hydrogen-bond donors (Lipinski definition) is 1. The number of hydrogen-bond acceptors (Lipinski definition) is 2. The van der Waals surface area contributed by atoms with Crippen LogP contribution in [-0.2, 0) is 16.6 Å². The number of fused-ring (bicyclic) bond motifs is 1. The predicted octanol–water partition coefficient (Wildman–Crippen LogP) is 5.09. The Labute approximate surface area is 162 Å². The van der Waals surface area contributed by atoms with Crippen molar-refractivity contribution >= 4 is 20.9 Å². The second kappa shape index (κ2) is 6.89. The van der Waals surface area contributed by atoms with Gasteiger partial charge < -0.3 is 4.57 Å². The van der Waals surface area contributed by atoms with Crippen molar-refractivity contribution < 1.29 is 12.8 Å². The Morgan fingerprint density at radius 3 is 2.33 bits per heavy atom. The van der Waals surface area contributed by atoms with Crippen molar-refractivity contribution in [2.45, 2.75) is 78.1 Å². The highest BCUT2D eigenvalue weighted by atomic mass is 32.2. The van der Waals surface area contributed by atoms with Crippen LogP contribution in [0.3, 0.4) is 0 Å². The molecule has 1 aliphatic rings. The van der Waals surface area contributed by atoms with Gasteiger partial charge in [-0.15, -0.1) is 0 Å². The van der Waals surface area contributed by atoms with E-state index in [9.17, 15) is 12.8 Å². The molecule has 150 valence electrons. The van der Waals surface area contributed by atoms with Crippen LogP contribution in [0.2, 0.25) is 0 Å². The van der Waals surface area contributed by atoms with Gasteiger partial charge in [-0.2, -0.15) is 0 Å². The topological polar surface area (TPSA) is 51.1 Å². The van der Waals surface area contributed by atoms with Gasteiger partial charge in [0.25, 0.3) is 0 Å². The molecule has 0 bridgehead atoms.